The van der Waals surface area contributed by atoms with E-state index in [-0.39, 0.29) is 12.2 Å². The normalized spacial score (nSPS) is 42.0. The van der Waals surface area contributed by atoms with Crippen molar-refractivity contribution in [3.8, 4) is 0 Å². The first-order valence-corrected chi connectivity index (χ1v) is 4.84. The second-order valence-electron chi connectivity index (χ2n) is 4.82. The van der Waals surface area contributed by atoms with Crippen LogP contribution in [0.5, 0.6) is 0 Å². The van der Waals surface area contributed by atoms with Crippen molar-refractivity contribution in [3.63, 3.8) is 0 Å². The van der Waals surface area contributed by atoms with Crippen molar-refractivity contribution in [2.75, 3.05) is 0 Å². The lowest BCUT2D eigenvalue weighted by Gasteiger charge is -2.43. The van der Waals surface area contributed by atoms with Crippen LogP contribution < -0.4 is 0 Å². The van der Waals surface area contributed by atoms with Gasteiger partial charge in [-0.2, -0.15) is 0 Å². The Morgan fingerprint density at radius 2 is 2.00 bits per heavy atom. The van der Waals surface area contributed by atoms with E-state index in [0.717, 1.165) is 0 Å². The maximum absolute atomic E-state index is 9.82. The van der Waals surface area contributed by atoms with Crippen molar-refractivity contribution < 1.29 is 14.9 Å². The monoisotopic (exact) mass is 188 g/mol. The molecule has 0 aromatic rings. The zero-order chi connectivity index (χ0) is 10.3. The Hall–Kier alpha value is -0.120. The number of ether oxygens (including phenoxy) is 1. The van der Waals surface area contributed by atoms with Gasteiger partial charge in [0, 0.05) is 0 Å². The molecule has 13 heavy (non-hydrogen) atoms. The van der Waals surface area contributed by atoms with Crippen LogP contribution in [0.1, 0.15) is 40.5 Å². The molecule has 3 nitrogen and oxygen atoms in total. The Kier molecular flexibility index (Phi) is 2.72. The largest absolute Gasteiger partial charge is 0.388 e. The second-order valence-corrected chi connectivity index (χ2v) is 4.82. The third-order valence-electron chi connectivity index (χ3n) is 2.94. The molecule has 0 bridgehead atoms. The minimum Gasteiger partial charge on any atom is -0.388 e. The third-order valence-corrected chi connectivity index (χ3v) is 2.94. The molecule has 3 unspecified atom stereocenters. The fraction of sp³-hybridized carbons (Fsp3) is 1.00. The third kappa shape index (κ3) is 2.42. The first kappa shape index (κ1) is 11.0. The van der Waals surface area contributed by atoms with Gasteiger partial charge in [0.05, 0.1) is 23.4 Å². The van der Waals surface area contributed by atoms with E-state index < -0.39 is 11.2 Å². The fourth-order valence-electron chi connectivity index (χ4n) is 1.61. The van der Waals surface area contributed by atoms with E-state index >= 15 is 0 Å². The molecule has 0 aromatic carbocycles. The van der Waals surface area contributed by atoms with E-state index in [2.05, 4.69) is 0 Å². The van der Waals surface area contributed by atoms with E-state index in [1.165, 1.54) is 0 Å². The topological polar surface area (TPSA) is 49.7 Å². The lowest BCUT2D eigenvalue weighted by molar-refractivity contribution is -0.203. The quantitative estimate of drug-likeness (QED) is 0.647. The van der Waals surface area contributed by atoms with Crippen LogP contribution in [0, 0.1) is 0 Å². The first-order chi connectivity index (χ1) is 5.73. The predicted octanol–water partition coefficient (Wildman–Crippen LogP) is 1.08. The summed E-state index contributed by atoms with van der Waals surface area (Å²) >= 11 is 0. The van der Waals surface area contributed by atoms with Gasteiger partial charge in [-0.1, -0.05) is 0 Å². The molecule has 1 rings (SSSR count). The maximum atomic E-state index is 9.82. The highest BCUT2D eigenvalue weighted by atomic mass is 16.5. The van der Waals surface area contributed by atoms with E-state index in [0.29, 0.717) is 12.8 Å². The zero-order valence-corrected chi connectivity index (χ0v) is 8.87. The number of aliphatic hydroxyl groups is 2. The molecule has 1 saturated heterocycles. The summed E-state index contributed by atoms with van der Waals surface area (Å²) in [6.45, 7) is 7.10. The smallest absolute Gasteiger partial charge is 0.0878 e. The van der Waals surface area contributed by atoms with Gasteiger partial charge in [0.25, 0.3) is 0 Å². The molecule has 1 aliphatic rings. The summed E-state index contributed by atoms with van der Waals surface area (Å²) < 4.78 is 5.57. The minimum absolute atomic E-state index is 0.164. The summed E-state index contributed by atoms with van der Waals surface area (Å²) in [7, 11) is 0. The van der Waals surface area contributed by atoms with Crippen molar-refractivity contribution in [1.82, 2.24) is 0 Å². The summed E-state index contributed by atoms with van der Waals surface area (Å²) in [6, 6.07) is 0. The molecule has 3 atom stereocenters. The van der Waals surface area contributed by atoms with Crippen molar-refractivity contribution in [3.05, 3.63) is 0 Å². The SMILES string of the molecule is CC1OC(C(C)(C)O)CCC1(C)O. The van der Waals surface area contributed by atoms with E-state index in [9.17, 15) is 10.2 Å². The van der Waals surface area contributed by atoms with Crippen molar-refractivity contribution >= 4 is 0 Å². The molecule has 1 fully saturated rings. The summed E-state index contributed by atoms with van der Waals surface area (Å²) in [4.78, 5) is 0. The van der Waals surface area contributed by atoms with E-state index in [1.807, 2.05) is 6.92 Å². The molecule has 1 heterocycles. The molecule has 0 aliphatic carbocycles. The molecular formula is C10H20O3. The molecule has 0 aromatic heterocycles. The standard InChI is InChI=1S/C10H20O3/c1-7-10(4,12)6-5-8(13-7)9(2,3)11/h7-8,11-12H,5-6H2,1-4H3. The predicted molar refractivity (Wildman–Crippen MR) is 50.5 cm³/mol. The molecule has 2 N–H and O–H groups in total. The van der Waals surface area contributed by atoms with Gasteiger partial charge in [0.2, 0.25) is 0 Å². The average molecular weight is 188 g/mol. The lowest BCUT2D eigenvalue weighted by Crippen LogP contribution is -2.52. The van der Waals surface area contributed by atoms with Crippen LogP contribution in [-0.2, 0) is 4.74 Å². The first-order valence-electron chi connectivity index (χ1n) is 4.84. The highest BCUT2D eigenvalue weighted by Gasteiger charge is 2.41. The van der Waals surface area contributed by atoms with Crippen LogP contribution >= 0.6 is 0 Å². The molecule has 1 aliphatic heterocycles. The van der Waals surface area contributed by atoms with E-state index in [1.54, 1.807) is 20.8 Å². The Bertz CT molecular complexity index is 181. The average Bonchev–Trinajstić information content (AvgIpc) is 1.92. The Morgan fingerprint density at radius 1 is 1.46 bits per heavy atom. The molecule has 0 amide bonds. The molecule has 0 saturated carbocycles. The van der Waals surface area contributed by atoms with Crippen molar-refractivity contribution in [2.24, 2.45) is 0 Å². The Labute approximate surface area is 79.7 Å². The van der Waals surface area contributed by atoms with Gasteiger partial charge < -0.3 is 14.9 Å². The van der Waals surface area contributed by atoms with Crippen LogP contribution in [-0.4, -0.2) is 33.6 Å². The van der Waals surface area contributed by atoms with Gasteiger partial charge in [0.1, 0.15) is 0 Å². The molecule has 0 spiro atoms. The lowest BCUT2D eigenvalue weighted by atomic mass is 9.85. The second kappa shape index (κ2) is 3.23. The Balaban J connectivity index is 2.61. The number of hydrogen-bond donors (Lipinski definition) is 2. The summed E-state index contributed by atoms with van der Waals surface area (Å²) in [5.41, 5.74) is -1.56. The molecule has 78 valence electrons. The van der Waals surface area contributed by atoms with Gasteiger partial charge in [-0.3, -0.25) is 0 Å². The van der Waals surface area contributed by atoms with Gasteiger partial charge in [-0.05, 0) is 40.5 Å². The van der Waals surface area contributed by atoms with Crippen LogP contribution in [0.15, 0.2) is 0 Å². The van der Waals surface area contributed by atoms with Gasteiger partial charge in [-0.15, -0.1) is 0 Å². The fourth-order valence-corrected chi connectivity index (χ4v) is 1.61. The van der Waals surface area contributed by atoms with Crippen molar-refractivity contribution in [1.29, 1.82) is 0 Å². The summed E-state index contributed by atoms with van der Waals surface area (Å²) in [5.74, 6) is 0. The maximum Gasteiger partial charge on any atom is 0.0878 e. The molecule has 3 heteroatoms. The van der Waals surface area contributed by atoms with Crippen LogP contribution in [0.2, 0.25) is 0 Å². The summed E-state index contributed by atoms with van der Waals surface area (Å²) in [5, 5.41) is 19.5. The highest BCUT2D eigenvalue weighted by molar-refractivity contribution is 4.91. The van der Waals surface area contributed by atoms with Crippen LogP contribution in [0.4, 0.5) is 0 Å². The van der Waals surface area contributed by atoms with Gasteiger partial charge in [-0.25, -0.2) is 0 Å². The van der Waals surface area contributed by atoms with Gasteiger partial charge in [0.15, 0.2) is 0 Å². The van der Waals surface area contributed by atoms with Crippen LogP contribution in [0.25, 0.3) is 0 Å². The zero-order valence-electron chi connectivity index (χ0n) is 8.87. The van der Waals surface area contributed by atoms with Crippen LogP contribution in [0.3, 0.4) is 0 Å². The molecule has 0 radical (unpaired) electrons. The summed E-state index contributed by atoms with van der Waals surface area (Å²) in [6.07, 6.45) is 1.02. The minimum atomic E-state index is -0.815. The Morgan fingerprint density at radius 3 is 2.38 bits per heavy atom. The number of hydrogen-bond acceptors (Lipinski definition) is 3. The highest BCUT2D eigenvalue weighted by Crippen LogP contribution is 2.32. The van der Waals surface area contributed by atoms with Crippen molar-refractivity contribution in [2.45, 2.75) is 63.9 Å². The molecular weight excluding hydrogens is 168 g/mol. The number of rotatable bonds is 1. The van der Waals surface area contributed by atoms with E-state index in [4.69, 9.17) is 4.74 Å². The van der Waals surface area contributed by atoms with Gasteiger partial charge >= 0.3 is 0 Å².